The molecule has 4 radical (unpaired) electrons. The average molecular weight is 599 g/mol. The Balaban J connectivity index is 0.00000215. The Bertz CT molecular complexity index is 1090. The minimum Gasteiger partial charge on any atom is 0 e. The molecule has 1 aliphatic carbocycles. The van der Waals surface area contributed by atoms with E-state index >= 15 is 0 Å². The van der Waals surface area contributed by atoms with Crippen molar-refractivity contribution in [3.05, 3.63) is 111 Å². The van der Waals surface area contributed by atoms with Crippen LogP contribution in [-0.2, 0) is 58.3 Å². The number of esters is 1. The van der Waals surface area contributed by atoms with Gasteiger partial charge >= 0.3 is 39.9 Å². The predicted molar refractivity (Wildman–Crippen MR) is 143 cm³/mol. The molecule has 1 saturated carbocycles. The maximum atomic E-state index is 14.2. The van der Waals surface area contributed by atoms with E-state index in [1.807, 2.05) is 86.9 Å². The topological polar surface area (TPSA) is 116 Å². The van der Waals surface area contributed by atoms with E-state index in [1.54, 1.807) is 7.11 Å². The number of likely N-dealkylation sites (tertiary alicyclic amines) is 1. The number of carbonyl (C=O) groups is 2. The van der Waals surface area contributed by atoms with Crippen molar-refractivity contribution in [1.29, 1.82) is 0 Å². The summed E-state index contributed by atoms with van der Waals surface area (Å²) >= 11 is 0. The molecule has 2 fully saturated rings. The summed E-state index contributed by atoms with van der Waals surface area (Å²) in [4.78, 5) is 29.1. The molecule has 0 bridgehead atoms. The summed E-state index contributed by atoms with van der Waals surface area (Å²) in [5.74, 6) is -0.0192. The largest absolute Gasteiger partial charge is 0 e. The van der Waals surface area contributed by atoms with Gasteiger partial charge in [0.05, 0.1) is 25.0 Å². The maximum Gasteiger partial charge on any atom is 0 e. The second kappa shape index (κ2) is 19.9. The van der Waals surface area contributed by atoms with Crippen LogP contribution in [0.25, 0.3) is 0 Å². The van der Waals surface area contributed by atoms with E-state index in [-0.39, 0.29) is 40.9 Å². The normalized spacial score (nSPS) is 18.9. The number of methoxy groups -OCH3 is 1. The SMILES string of the molecule is CCOC(=O)[C@@H](C)[C@H]1[C@H](Cc2ccccc2)N(Cc2ccc(OC)cc2)C(=O)[C@@]12[CH][CH][CH][CH]C2.[C-]#[O+].[C-]#[O+].[C-]#[O+].[Fe]. The molecule has 0 N–H and O–H groups in total. The molecule has 8 nitrogen and oxygen atoms in total. The van der Waals surface area contributed by atoms with Gasteiger partial charge in [0.25, 0.3) is 0 Å². The number of hydrogen-bond donors (Lipinski definition) is 0. The summed E-state index contributed by atoms with van der Waals surface area (Å²) in [5, 5.41) is 0. The van der Waals surface area contributed by atoms with Crippen LogP contribution in [0.3, 0.4) is 0 Å². The number of amides is 1. The molecule has 4 atom stereocenters. The fourth-order valence-electron chi connectivity index (χ4n) is 5.55. The van der Waals surface area contributed by atoms with Gasteiger partial charge in [-0.3, -0.25) is 9.59 Å². The molecule has 1 saturated heterocycles. The molecule has 1 heterocycles. The molecule has 0 unspecified atom stereocenters. The van der Waals surface area contributed by atoms with Gasteiger partial charge in [-0.15, -0.1) is 0 Å². The molecule has 2 aromatic rings. The van der Waals surface area contributed by atoms with Crippen molar-refractivity contribution in [3.63, 3.8) is 0 Å². The third-order valence-corrected chi connectivity index (χ3v) is 7.16. The molecule has 216 valence electrons. The first kappa shape index (κ1) is 37.9. The molecule has 1 amide bonds. The van der Waals surface area contributed by atoms with Crippen LogP contribution in [0.2, 0.25) is 0 Å². The molecule has 41 heavy (non-hydrogen) atoms. The van der Waals surface area contributed by atoms with E-state index in [9.17, 15) is 9.59 Å². The number of benzene rings is 2. The number of carbonyl (C=O) groups excluding carboxylic acids is 2. The monoisotopic (exact) mass is 599 g/mol. The van der Waals surface area contributed by atoms with Crippen LogP contribution in [0, 0.1) is 62.9 Å². The first-order valence-corrected chi connectivity index (χ1v) is 12.6. The fraction of sp³-hybridized carbons (Fsp3) is 0.344. The van der Waals surface area contributed by atoms with Crippen LogP contribution in [-0.4, -0.2) is 36.5 Å². The number of nitrogens with zero attached hydrogens (tertiary/aromatic N) is 1. The van der Waals surface area contributed by atoms with Crippen LogP contribution in [0.5, 0.6) is 5.75 Å². The van der Waals surface area contributed by atoms with E-state index in [0.717, 1.165) is 16.9 Å². The first-order chi connectivity index (χ1) is 19.5. The fourth-order valence-corrected chi connectivity index (χ4v) is 5.55. The van der Waals surface area contributed by atoms with Gasteiger partial charge in [-0.05, 0) is 68.7 Å². The van der Waals surface area contributed by atoms with E-state index in [4.69, 9.17) is 23.4 Å². The number of rotatable bonds is 8. The van der Waals surface area contributed by atoms with Crippen molar-refractivity contribution < 1.29 is 50.1 Å². The average Bonchev–Trinajstić information content (AvgIpc) is 3.23. The summed E-state index contributed by atoms with van der Waals surface area (Å²) in [6.45, 7) is 18.0. The van der Waals surface area contributed by atoms with Crippen molar-refractivity contribution in [2.45, 2.75) is 39.3 Å². The zero-order valence-corrected chi connectivity index (χ0v) is 24.3. The summed E-state index contributed by atoms with van der Waals surface area (Å²) in [6, 6.07) is 17.9. The molecule has 9 heteroatoms. The van der Waals surface area contributed by atoms with Crippen molar-refractivity contribution in [1.82, 2.24) is 4.90 Å². The molecule has 2 aromatic carbocycles. The molecule has 4 rings (SSSR count). The van der Waals surface area contributed by atoms with Gasteiger partial charge in [-0.25, -0.2) is 0 Å². The standard InChI is InChI=1S/C29H33NO4.3CO.Fe/c1-4-34-27(31)21(2)26-25(19-22-11-7-5-8-12-22)30(20-23-13-15-24(33-3)16-14-23)28(32)29(26)17-9-6-10-18-29;3*1-2;/h5-17,21,25-26H,4,18-20H2,1-3H3;;;;/t21-,25-,26-,29+;;;;/m0..../s1. The Morgan fingerprint density at radius 1 is 1.00 bits per heavy atom. The van der Waals surface area contributed by atoms with Gasteiger partial charge < -0.3 is 14.4 Å². The molecule has 0 aromatic heterocycles. The minimum absolute atomic E-state index is 0. The van der Waals surface area contributed by atoms with Crippen LogP contribution >= 0.6 is 0 Å². The second-order valence-corrected chi connectivity index (χ2v) is 9.14. The quantitative estimate of drug-likeness (QED) is 0.192. The van der Waals surface area contributed by atoms with Crippen LogP contribution in [0.4, 0.5) is 0 Å². The van der Waals surface area contributed by atoms with Gasteiger partial charge in [-0.1, -0.05) is 49.4 Å². The Hall–Kier alpha value is -3.08. The van der Waals surface area contributed by atoms with Crippen molar-refractivity contribution in [2.24, 2.45) is 17.3 Å². The molecule has 1 spiro atoms. The summed E-state index contributed by atoms with van der Waals surface area (Å²) < 4.78 is 33.2. The zero-order valence-electron chi connectivity index (χ0n) is 23.2. The van der Waals surface area contributed by atoms with Gasteiger partial charge in [-0.2, -0.15) is 0 Å². The van der Waals surface area contributed by atoms with Gasteiger partial charge in [0.2, 0.25) is 5.91 Å². The van der Waals surface area contributed by atoms with Crippen LogP contribution in [0.1, 0.15) is 31.4 Å². The number of hydrogen-bond acceptors (Lipinski definition) is 4. The van der Waals surface area contributed by atoms with E-state index in [1.165, 1.54) is 0 Å². The minimum atomic E-state index is -0.757. The Morgan fingerprint density at radius 3 is 2.12 bits per heavy atom. The smallest absolute Gasteiger partial charge is 0 e. The molecular weight excluding hydrogens is 566 g/mol. The maximum absolute atomic E-state index is 14.2. The first-order valence-electron chi connectivity index (χ1n) is 12.6. The molecule has 1 aliphatic heterocycles. The van der Waals surface area contributed by atoms with E-state index in [2.05, 4.69) is 32.1 Å². The summed E-state index contributed by atoms with van der Waals surface area (Å²) in [5.41, 5.74) is 1.42. The van der Waals surface area contributed by atoms with Gasteiger partial charge in [0, 0.05) is 35.6 Å². The summed E-state index contributed by atoms with van der Waals surface area (Å²) in [7, 11) is 1.64. The Morgan fingerprint density at radius 2 is 1.61 bits per heavy atom. The van der Waals surface area contributed by atoms with E-state index < -0.39 is 11.3 Å². The van der Waals surface area contributed by atoms with Gasteiger partial charge in [0.1, 0.15) is 5.75 Å². The number of ether oxygens (including phenoxy) is 2. The Kier molecular flexibility index (Phi) is 18.4. The zero-order chi connectivity index (χ0) is 30.1. The molecule has 2 aliphatic rings. The third-order valence-electron chi connectivity index (χ3n) is 7.16. The molecular formula is C32H33FeNO7. The summed E-state index contributed by atoms with van der Waals surface area (Å²) in [6.07, 6.45) is 9.24. The van der Waals surface area contributed by atoms with Gasteiger partial charge in [0.15, 0.2) is 0 Å². The van der Waals surface area contributed by atoms with Crippen molar-refractivity contribution in [3.8, 4) is 5.75 Å². The van der Waals surface area contributed by atoms with Crippen LogP contribution < -0.4 is 4.74 Å². The Labute approximate surface area is 253 Å². The van der Waals surface area contributed by atoms with Crippen molar-refractivity contribution >= 4 is 11.9 Å². The third kappa shape index (κ3) is 9.21. The van der Waals surface area contributed by atoms with Crippen LogP contribution in [0.15, 0.2) is 54.6 Å². The predicted octanol–water partition coefficient (Wildman–Crippen LogP) is 4.56. The van der Waals surface area contributed by atoms with E-state index in [0.29, 0.717) is 26.0 Å². The second-order valence-electron chi connectivity index (χ2n) is 9.14. The van der Waals surface area contributed by atoms with Crippen molar-refractivity contribution in [2.75, 3.05) is 13.7 Å².